The molecule has 1 atom stereocenters. The summed E-state index contributed by atoms with van der Waals surface area (Å²) in [6.45, 7) is 2.73. The first kappa shape index (κ1) is 25.2. The molecule has 6 nitrogen and oxygen atoms in total. The van der Waals surface area contributed by atoms with E-state index in [9.17, 15) is 23.4 Å². The van der Waals surface area contributed by atoms with Crippen LogP contribution < -0.4 is 4.18 Å². The molecule has 0 bridgehead atoms. The topological polar surface area (TPSA) is 94.6 Å². The summed E-state index contributed by atoms with van der Waals surface area (Å²) in [5.74, 6) is -0.635. The smallest absolute Gasteiger partial charge is 0.308 e. The molecule has 0 aromatic heterocycles. The van der Waals surface area contributed by atoms with Gasteiger partial charge < -0.3 is 4.18 Å². The Bertz CT molecular complexity index is 1280. The Labute approximate surface area is 204 Å². The van der Waals surface area contributed by atoms with Crippen molar-refractivity contribution in [2.24, 2.45) is 0 Å². The van der Waals surface area contributed by atoms with Gasteiger partial charge in [0.1, 0.15) is 17.3 Å². The van der Waals surface area contributed by atoms with Gasteiger partial charge in [0.15, 0.2) is 11.6 Å². The highest BCUT2D eigenvalue weighted by molar-refractivity contribution is 8.04. The van der Waals surface area contributed by atoms with Gasteiger partial charge >= 0.3 is 10.3 Å². The molecule has 0 aliphatic carbocycles. The molecule has 1 unspecified atom stereocenters. The Morgan fingerprint density at radius 2 is 1.15 bits per heavy atom. The van der Waals surface area contributed by atoms with Crippen molar-refractivity contribution in [2.75, 3.05) is 0 Å². The van der Waals surface area contributed by atoms with Crippen LogP contribution in [0.4, 0.5) is 0 Å². The molecular weight excluding hydrogens is 476 g/mol. The van der Waals surface area contributed by atoms with E-state index in [2.05, 4.69) is 0 Å². The number of halogens is 1. The summed E-state index contributed by atoms with van der Waals surface area (Å²) in [4.78, 5) is 46.8. The van der Waals surface area contributed by atoms with Crippen LogP contribution in [0, 0.1) is 0 Å². The minimum absolute atomic E-state index is 0.152. The van der Waals surface area contributed by atoms with Crippen LogP contribution in [-0.4, -0.2) is 27.3 Å². The Morgan fingerprint density at radius 3 is 1.56 bits per heavy atom. The van der Waals surface area contributed by atoms with Gasteiger partial charge in [0, 0.05) is 21.8 Å². The second-order valence-corrected chi connectivity index (χ2v) is 9.05. The number of benzene rings is 3. The highest BCUT2D eigenvalue weighted by Gasteiger charge is 2.14. The molecule has 0 amide bonds. The lowest BCUT2D eigenvalue weighted by atomic mass is 9.92. The van der Waals surface area contributed by atoms with Gasteiger partial charge in [-0.05, 0) is 48.2 Å². The SMILES string of the molecule is CC(=O)CC(=O)c1ccc(-c2ccc(OS(=O)Cl)cc2-c2ccc(C(=O)CC(C)=O)cc2)cc1. The molecule has 3 aromatic rings. The van der Waals surface area contributed by atoms with Crippen molar-refractivity contribution < 1.29 is 27.6 Å². The summed E-state index contributed by atoms with van der Waals surface area (Å²) in [5, 5.41) is 0. The molecule has 0 radical (unpaired) electrons. The zero-order valence-corrected chi connectivity index (χ0v) is 20.1. The Kier molecular flexibility index (Phi) is 8.26. The molecule has 0 N–H and O–H groups in total. The standard InChI is InChI=1S/C26H21ClO6S/c1-16(28)13-25(30)20-7-3-18(4-8-20)23-12-11-22(33-34(27)32)15-24(23)19-5-9-21(10-6-19)26(31)14-17(2)29/h3-12,15H,13-14H2,1-2H3. The van der Waals surface area contributed by atoms with Crippen molar-refractivity contribution in [1.82, 2.24) is 0 Å². The average molecular weight is 497 g/mol. The Morgan fingerprint density at radius 1 is 0.706 bits per heavy atom. The van der Waals surface area contributed by atoms with Crippen molar-refractivity contribution >= 4 is 44.1 Å². The van der Waals surface area contributed by atoms with Gasteiger partial charge in [-0.15, -0.1) is 0 Å². The molecule has 0 aliphatic rings. The number of carbonyl (C=O) groups excluding carboxylic acids is 4. The van der Waals surface area contributed by atoms with Gasteiger partial charge in [-0.1, -0.05) is 54.6 Å². The summed E-state index contributed by atoms with van der Waals surface area (Å²) in [5.41, 5.74) is 3.91. The molecule has 174 valence electrons. The Hall–Kier alpha value is -3.42. The monoisotopic (exact) mass is 496 g/mol. The van der Waals surface area contributed by atoms with E-state index in [1.165, 1.54) is 13.8 Å². The first-order valence-electron chi connectivity index (χ1n) is 10.3. The lowest BCUT2D eigenvalue weighted by Crippen LogP contribution is -2.04. The van der Waals surface area contributed by atoms with Crippen LogP contribution in [0.5, 0.6) is 5.75 Å². The van der Waals surface area contributed by atoms with Crippen molar-refractivity contribution in [3.8, 4) is 28.0 Å². The molecule has 8 heteroatoms. The van der Waals surface area contributed by atoms with E-state index in [1.54, 1.807) is 66.7 Å². The van der Waals surface area contributed by atoms with Crippen LogP contribution in [0.1, 0.15) is 47.4 Å². The van der Waals surface area contributed by atoms with Crippen molar-refractivity contribution in [2.45, 2.75) is 26.7 Å². The van der Waals surface area contributed by atoms with Gasteiger partial charge in [-0.3, -0.25) is 19.2 Å². The van der Waals surface area contributed by atoms with E-state index in [1.807, 2.05) is 0 Å². The quantitative estimate of drug-likeness (QED) is 0.208. The summed E-state index contributed by atoms with van der Waals surface area (Å²) < 4.78 is 16.5. The maximum atomic E-state index is 12.2. The predicted molar refractivity (Wildman–Crippen MR) is 131 cm³/mol. The van der Waals surface area contributed by atoms with Gasteiger partial charge in [-0.2, -0.15) is 4.21 Å². The number of carbonyl (C=O) groups is 4. The summed E-state index contributed by atoms with van der Waals surface area (Å²) in [7, 11) is 3.45. The van der Waals surface area contributed by atoms with Crippen LogP contribution in [0.15, 0.2) is 66.7 Å². The maximum Gasteiger partial charge on any atom is 0.308 e. The molecule has 0 heterocycles. The molecule has 0 fully saturated rings. The molecule has 34 heavy (non-hydrogen) atoms. The first-order valence-corrected chi connectivity index (χ1v) is 12.2. The zero-order valence-electron chi connectivity index (χ0n) is 18.5. The number of hydrogen-bond donors (Lipinski definition) is 0. The summed E-state index contributed by atoms with van der Waals surface area (Å²) >= 11 is 0. The lowest BCUT2D eigenvalue weighted by molar-refractivity contribution is -0.117. The van der Waals surface area contributed by atoms with Crippen LogP contribution in [0.3, 0.4) is 0 Å². The molecular formula is C26H21ClO6S. The minimum atomic E-state index is -2.03. The third-order valence-corrected chi connectivity index (χ3v) is 5.52. The molecule has 0 saturated heterocycles. The highest BCUT2D eigenvalue weighted by atomic mass is 35.7. The fourth-order valence-electron chi connectivity index (χ4n) is 3.47. The molecule has 3 aromatic carbocycles. The second-order valence-electron chi connectivity index (χ2n) is 7.74. The third kappa shape index (κ3) is 6.56. The van der Waals surface area contributed by atoms with Gasteiger partial charge in [-0.25, -0.2) is 0 Å². The average Bonchev–Trinajstić information content (AvgIpc) is 2.78. The zero-order chi connectivity index (χ0) is 24.8. The van der Waals surface area contributed by atoms with E-state index in [0.29, 0.717) is 16.7 Å². The fraction of sp³-hybridized carbons (Fsp3) is 0.154. The van der Waals surface area contributed by atoms with E-state index in [0.717, 1.165) is 16.7 Å². The fourth-order valence-corrected chi connectivity index (χ4v) is 3.94. The molecule has 0 saturated carbocycles. The first-order chi connectivity index (χ1) is 16.1. The maximum absolute atomic E-state index is 12.2. The van der Waals surface area contributed by atoms with Crippen LogP contribution in [-0.2, 0) is 19.9 Å². The van der Waals surface area contributed by atoms with E-state index >= 15 is 0 Å². The molecule has 0 spiro atoms. The van der Waals surface area contributed by atoms with E-state index < -0.39 is 10.3 Å². The van der Waals surface area contributed by atoms with Crippen LogP contribution in [0.25, 0.3) is 22.3 Å². The summed E-state index contributed by atoms with van der Waals surface area (Å²) in [6.07, 6.45) is -0.314. The number of rotatable bonds is 10. The van der Waals surface area contributed by atoms with Crippen molar-refractivity contribution in [3.63, 3.8) is 0 Å². The van der Waals surface area contributed by atoms with Crippen molar-refractivity contribution in [3.05, 3.63) is 77.9 Å². The van der Waals surface area contributed by atoms with Crippen LogP contribution >= 0.6 is 10.7 Å². The van der Waals surface area contributed by atoms with Gasteiger partial charge in [0.05, 0.1) is 12.8 Å². The predicted octanol–water partition coefficient (Wildman–Crippen LogP) is 5.54. The van der Waals surface area contributed by atoms with Crippen LogP contribution in [0.2, 0.25) is 0 Å². The number of hydrogen-bond acceptors (Lipinski definition) is 6. The largest absolute Gasteiger partial charge is 0.389 e. The number of Topliss-reactive ketones (excluding diaryl/α,β-unsaturated/α-hetero) is 4. The van der Waals surface area contributed by atoms with E-state index in [4.69, 9.17) is 14.9 Å². The van der Waals surface area contributed by atoms with E-state index in [-0.39, 0.29) is 41.7 Å². The normalized spacial score (nSPS) is 11.5. The van der Waals surface area contributed by atoms with Gasteiger partial charge in [0.2, 0.25) is 0 Å². The Balaban J connectivity index is 2.01. The second kappa shape index (κ2) is 11.1. The molecule has 0 aliphatic heterocycles. The lowest BCUT2D eigenvalue weighted by Gasteiger charge is -2.13. The van der Waals surface area contributed by atoms with Crippen molar-refractivity contribution in [1.29, 1.82) is 0 Å². The number of ketones is 4. The van der Waals surface area contributed by atoms with Gasteiger partial charge in [0.25, 0.3) is 0 Å². The third-order valence-electron chi connectivity index (χ3n) is 5.01. The minimum Gasteiger partial charge on any atom is -0.389 e. The molecule has 3 rings (SSSR count). The highest BCUT2D eigenvalue weighted by Crippen LogP contribution is 2.36. The summed E-state index contributed by atoms with van der Waals surface area (Å²) in [6, 6.07) is 18.7.